The number of methoxy groups -OCH3 is 1. The normalized spacial score (nSPS) is 12.6. The van der Waals surface area contributed by atoms with Crippen LogP contribution in [-0.2, 0) is 16.0 Å². The molecule has 18 heavy (non-hydrogen) atoms. The molecule has 0 aliphatic rings. The van der Waals surface area contributed by atoms with Crippen molar-refractivity contribution in [2.75, 3.05) is 7.11 Å². The van der Waals surface area contributed by atoms with Crippen LogP contribution in [0.25, 0.3) is 11.0 Å². The molecule has 2 rings (SSSR count). The standard InChI is InChI=1S/C13H17N3O2/c1-8-15-11-6-4-9(7-12(11)16-8)3-5-10(14)13(17)18-2/h4,6-7,10H,3,5,14H2,1-2H3,(H,15,16). The fourth-order valence-corrected chi connectivity index (χ4v) is 1.93. The highest BCUT2D eigenvalue weighted by molar-refractivity contribution is 5.76. The molecule has 1 atom stereocenters. The molecule has 2 aromatic rings. The number of carbonyl (C=O) groups excluding carboxylic acids is 1. The molecule has 96 valence electrons. The molecule has 1 aromatic heterocycles. The van der Waals surface area contributed by atoms with Gasteiger partial charge in [-0.3, -0.25) is 4.79 Å². The minimum atomic E-state index is -0.561. The van der Waals surface area contributed by atoms with Gasteiger partial charge in [-0.15, -0.1) is 0 Å². The van der Waals surface area contributed by atoms with Crippen molar-refractivity contribution in [3.8, 4) is 0 Å². The maximum atomic E-state index is 11.2. The second-order valence-corrected chi connectivity index (χ2v) is 4.34. The Kier molecular flexibility index (Phi) is 3.62. The first-order valence-electron chi connectivity index (χ1n) is 5.89. The van der Waals surface area contributed by atoms with E-state index in [0.29, 0.717) is 6.42 Å². The number of aromatic nitrogens is 2. The first kappa shape index (κ1) is 12.6. The second-order valence-electron chi connectivity index (χ2n) is 4.34. The van der Waals surface area contributed by atoms with Gasteiger partial charge in [0.2, 0.25) is 0 Å². The van der Waals surface area contributed by atoms with Crippen molar-refractivity contribution in [2.45, 2.75) is 25.8 Å². The molecule has 0 aliphatic heterocycles. The number of nitrogens with zero attached hydrogens (tertiary/aromatic N) is 1. The van der Waals surface area contributed by atoms with E-state index in [4.69, 9.17) is 5.73 Å². The van der Waals surface area contributed by atoms with E-state index >= 15 is 0 Å². The van der Waals surface area contributed by atoms with E-state index in [2.05, 4.69) is 14.7 Å². The number of H-pyrrole nitrogens is 1. The predicted molar refractivity (Wildman–Crippen MR) is 69.1 cm³/mol. The van der Waals surface area contributed by atoms with Crippen LogP contribution in [0.4, 0.5) is 0 Å². The van der Waals surface area contributed by atoms with Gasteiger partial charge in [-0.25, -0.2) is 4.98 Å². The molecule has 3 N–H and O–H groups in total. The molecule has 1 aromatic carbocycles. The summed E-state index contributed by atoms with van der Waals surface area (Å²) in [6.45, 7) is 1.92. The summed E-state index contributed by atoms with van der Waals surface area (Å²) in [6, 6.07) is 5.46. The topological polar surface area (TPSA) is 81.0 Å². The number of imidazole rings is 1. The van der Waals surface area contributed by atoms with Crippen molar-refractivity contribution < 1.29 is 9.53 Å². The lowest BCUT2D eigenvalue weighted by Crippen LogP contribution is -2.31. The number of aryl methyl sites for hydroxylation is 2. The number of esters is 1. The average Bonchev–Trinajstić information content (AvgIpc) is 2.74. The first-order chi connectivity index (χ1) is 8.60. The molecule has 0 aliphatic carbocycles. The molecule has 5 nitrogen and oxygen atoms in total. The maximum absolute atomic E-state index is 11.2. The third-order valence-electron chi connectivity index (χ3n) is 2.91. The molecule has 0 saturated heterocycles. The number of rotatable bonds is 4. The molecule has 1 heterocycles. The Bertz CT molecular complexity index is 562. The van der Waals surface area contributed by atoms with Crippen molar-refractivity contribution in [2.24, 2.45) is 5.73 Å². The Labute approximate surface area is 105 Å². The molecular formula is C13H17N3O2. The van der Waals surface area contributed by atoms with Crippen molar-refractivity contribution in [1.29, 1.82) is 0 Å². The molecule has 1 unspecified atom stereocenters. The van der Waals surface area contributed by atoms with Gasteiger partial charge in [0.15, 0.2) is 0 Å². The zero-order valence-electron chi connectivity index (χ0n) is 10.6. The van der Waals surface area contributed by atoms with Gasteiger partial charge in [0.1, 0.15) is 11.9 Å². The maximum Gasteiger partial charge on any atom is 0.322 e. The molecule has 0 saturated carbocycles. The van der Waals surface area contributed by atoms with Gasteiger partial charge >= 0.3 is 5.97 Å². The number of benzene rings is 1. The van der Waals surface area contributed by atoms with Crippen molar-refractivity contribution >= 4 is 17.0 Å². The summed E-state index contributed by atoms with van der Waals surface area (Å²) >= 11 is 0. The fraction of sp³-hybridized carbons (Fsp3) is 0.385. The summed E-state index contributed by atoms with van der Waals surface area (Å²) in [4.78, 5) is 18.7. The lowest BCUT2D eigenvalue weighted by molar-refractivity contribution is -0.142. The van der Waals surface area contributed by atoms with E-state index in [1.807, 2.05) is 25.1 Å². The summed E-state index contributed by atoms with van der Waals surface area (Å²) in [6.07, 6.45) is 1.32. The molecule has 0 fully saturated rings. The lowest BCUT2D eigenvalue weighted by atomic mass is 10.1. The number of ether oxygens (including phenoxy) is 1. The SMILES string of the molecule is COC(=O)C(N)CCc1ccc2nc(C)[nH]c2c1. The van der Waals surface area contributed by atoms with Crippen molar-refractivity contribution in [1.82, 2.24) is 9.97 Å². The van der Waals surface area contributed by atoms with Gasteiger partial charge < -0.3 is 15.5 Å². The fourth-order valence-electron chi connectivity index (χ4n) is 1.93. The number of fused-ring (bicyclic) bond motifs is 1. The van der Waals surface area contributed by atoms with Crippen LogP contribution >= 0.6 is 0 Å². The summed E-state index contributed by atoms with van der Waals surface area (Å²) in [7, 11) is 1.35. The van der Waals surface area contributed by atoms with Crippen molar-refractivity contribution in [3.05, 3.63) is 29.6 Å². The zero-order chi connectivity index (χ0) is 13.1. The lowest BCUT2D eigenvalue weighted by Gasteiger charge is -2.08. The van der Waals surface area contributed by atoms with Gasteiger partial charge in [0.25, 0.3) is 0 Å². The number of aromatic amines is 1. The third kappa shape index (κ3) is 2.68. The third-order valence-corrected chi connectivity index (χ3v) is 2.91. The minimum Gasteiger partial charge on any atom is -0.468 e. The number of carbonyl (C=O) groups is 1. The molecule has 0 radical (unpaired) electrons. The van der Waals surface area contributed by atoms with Gasteiger partial charge in [-0.05, 0) is 37.5 Å². The molecule has 0 amide bonds. The number of nitrogens with one attached hydrogen (secondary N) is 1. The summed E-state index contributed by atoms with van der Waals surface area (Å²) < 4.78 is 4.59. The quantitative estimate of drug-likeness (QED) is 0.798. The van der Waals surface area contributed by atoms with Crippen LogP contribution in [0.3, 0.4) is 0 Å². The Morgan fingerprint density at radius 3 is 3.06 bits per heavy atom. The Balaban J connectivity index is 2.05. The summed E-state index contributed by atoms with van der Waals surface area (Å²) in [5.41, 5.74) is 8.79. The van der Waals surface area contributed by atoms with E-state index in [0.717, 1.165) is 28.8 Å². The van der Waals surface area contributed by atoms with Gasteiger partial charge in [0.05, 0.1) is 18.1 Å². The van der Waals surface area contributed by atoms with Crippen LogP contribution in [0, 0.1) is 6.92 Å². The Morgan fingerprint density at radius 1 is 1.56 bits per heavy atom. The predicted octanol–water partition coefficient (Wildman–Crippen LogP) is 1.30. The van der Waals surface area contributed by atoms with E-state index in [1.165, 1.54) is 7.11 Å². The van der Waals surface area contributed by atoms with Crippen LogP contribution in [0.2, 0.25) is 0 Å². The zero-order valence-corrected chi connectivity index (χ0v) is 10.6. The highest BCUT2D eigenvalue weighted by Crippen LogP contribution is 2.15. The van der Waals surface area contributed by atoms with Crippen LogP contribution in [0.1, 0.15) is 17.8 Å². The van der Waals surface area contributed by atoms with Gasteiger partial charge in [-0.2, -0.15) is 0 Å². The van der Waals surface area contributed by atoms with E-state index < -0.39 is 6.04 Å². The van der Waals surface area contributed by atoms with E-state index in [1.54, 1.807) is 0 Å². The summed E-state index contributed by atoms with van der Waals surface area (Å²) in [5.74, 6) is 0.530. The molecule has 5 heteroatoms. The molecular weight excluding hydrogens is 230 g/mol. The minimum absolute atomic E-state index is 0.367. The number of nitrogens with two attached hydrogens (primary N) is 1. The van der Waals surface area contributed by atoms with Crippen LogP contribution < -0.4 is 5.73 Å². The first-order valence-corrected chi connectivity index (χ1v) is 5.89. The van der Waals surface area contributed by atoms with Gasteiger partial charge in [0, 0.05) is 0 Å². The highest BCUT2D eigenvalue weighted by Gasteiger charge is 2.13. The monoisotopic (exact) mass is 247 g/mol. The van der Waals surface area contributed by atoms with E-state index in [9.17, 15) is 4.79 Å². The Hall–Kier alpha value is -1.88. The highest BCUT2D eigenvalue weighted by atomic mass is 16.5. The number of hydrogen-bond donors (Lipinski definition) is 2. The van der Waals surface area contributed by atoms with E-state index in [-0.39, 0.29) is 5.97 Å². The molecule has 0 spiro atoms. The second kappa shape index (κ2) is 5.18. The largest absolute Gasteiger partial charge is 0.468 e. The molecule has 0 bridgehead atoms. The van der Waals surface area contributed by atoms with Gasteiger partial charge in [-0.1, -0.05) is 6.07 Å². The van der Waals surface area contributed by atoms with Crippen LogP contribution in [0.5, 0.6) is 0 Å². The number of hydrogen-bond acceptors (Lipinski definition) is 4. The van der Waals surface area contributed by atoms with Crippen molar-refractivity contribution in [3.63, 3.8) is 0 Å². The average molecular weight is 247 g/mol. The smallest absolute Gasteiger partial charge is 0.322 e. The van der Waals surface area contributed by atoms with Crippen LogP contribution in [0.15, 0.2) is 18.2 Å². The summed E-state index contributed by atoms with van der Waals surface area (Å²) in [5, 5.41) is 0. The Morgan fingerprint density at radius 2 is 2.33 bits per heavy atom. The van der Waals surface area contributed by atoms with Crippen LogP contribution in [-0.4, -0.2) is 29.1 Å².